The van der Waals surface area contributed by atoms with E-state index in [-0.39, 0.29) is 0 Å². The summed E-state index contributed by atoms with van der Waals surface area (Å²) in [6, 6.07) is 49.4. The van der Waals surface area contributed by atoms with Crippen molar-refractivity contribution >= 4 is 50.2 Å². The summed E-state index contributed by atoms with van der Waals surface area (Å²) in [7, 11) is 0. The van der Waals surface area contributed by atoms with Crippen molar-refractivity contribution in [3.05, 3.63) is 150 Å². The van der Waals surface area contributed by atoms with Gasteiger partial charge in [-0.15, -0.1) is 0 Å². The third-order valence-electron chi connectivity index (χ3n) is 8.65. The van der Waals surface area contributed by atoms with Crippen LogP contribution in [0.1, 0.15) is 19.4 Å². The predicted octanol–water partition coefficient (Wildman–Crippen LogP) is 12.8. The van der Waals surface area contributed by atoms with Crippen LogP contribution in [0, 0.1) is 5.92 Å². The lowest BCUT2D eigenvalue weighted by molar-refractivity contribution is 0.477. The van der Waals surface area contributed by atoms with Gasteiger partial charge in [-0.25, -0.2) is 0 Å². The highest BCUT2D eigenvalue weighted by atomic mass is 35.5. The van der Waals surface area contributed by atoms with Crippen molar-refractivity contribution in [3.63, 3.8) is 0 Å². The molecule has 0 radical (unpaired) electrons. The fourth-order valence-electron chi connectivity index (χ4n) is 6.61. The van der Waals surface area contributed by atoms with Crippen molar-refractivity contribution < 1.29 is 4.74 Å². The maximum Gasteiger partial charge on any atom is 0.151 e. The number of fused-ring (bicyclic) bond motifs is 4. The van der Waals surface area contributed by atoms with E-state index >= 15 is 0 Å². The van der Waals surface area contributed by atoms with Crippen molar-refractivity contribution in [3.8, 4) is 33.8 Å². The predicted molar refractivity (Wildman–Crippen MR) is 191 cm³/mol. The molecule has 1 aliphatic heterocycles. The number of nitrogens with zero attached hydrogens (tertiary/aromatic N) is 1. The normalized spacial score (nSPS) is 12.3. The number of ether oxygens (including phenoxy) is 1. The van der Waals surface area contributed by atoms with Gasteiger partial charge in [0, 0.05) is 10.7 Å². The highest BCUT2D eigenvalue weighted by Crippen LogP contribution is 2.50. The zero-order valence-electron chi connectivity index (χ0n) is 25.3. The van der Waals surface area contributed by atoms with Crippen LogP contribution in [0.5, 0.6) is 11.5 Å². The summed E-state index contributed by atoms with van der Waals surface area (Å²) in [5.41, 5.74) is 9.02. The van der Waals surface area contributed by atoms with Gasteiger partial charge in [0.1, 0.15) is 0 Å². The van der Waals surface area contributed by atoms with Crippen molar-refractivity contribution in [1.82, 2.24) is 0 Å². The van der Waals surface area contributed by atoms with Crippen LogP contribution in [0.15, 0.2) is 140 Å². The van der Waals surface area contributed by atoms with Gasteiger partial charge in [-0.1, -0.05) is 92.2 Å². The molecule has 3 heteroatoms. The van der Waals surface area contributed by atoms with Crippen LogP contribution in [0.3, 0.4) is 0 Å². The van der Waals surface area contributed by atoms with Crippen molar-refractivity contribution in [2.24, 2.45) is 5.92 Å². The van der Waals surface area contributed by atoms with Crippen LogP contribution in [0.2, 0.25) is 5.02 Å². The van der Waals surface area contributed by atoms with E-state index in [1.54, 1.807) is 0 Å². The Morgan fingerprint density at radius 2 is 1.13 bits per heavy atom. The van der Waals surface area contributed by atoms with Gasteiger partial charge in [-0.2, -0.15) is 0 Å². The lowest BCUT2D eigenvalue weighted by Gasteiger charge is -2.32. The fraction of sp³-hybridized carbons (Fsp3) is 0.0952. The van der Waals surface area contributed by atoms with E-state index < -0.39 is 0 Å². The Hall–Kier alpha value is -5.05. The number of anilines is 3. The summed E-state index contributed by atoms with van der Waals surface area (Å²) in [5.74, 6) is 2.24. The molecule has 0 spiro atoms. The van der Waals surface area contributed by atoms with E-state index in [2.05, 4.69) is 122 Å². The molecule has 7 aromatic rings. The summed E-state index contributed by atoms with van der Waals surface area (Å²) in [5, 5.41) is 5.86. The van der Waals surface area contributed by atoms with E-state index in [9.17, 15) is 0 Å². The number of hydrogen-bond acceptors (Lipinski definition) is 2. The second kappa shape index (κ2) is 11.1. The van der Waals surface area contributed by atoms with Crippen molar-refractivity contribution in [2.75, 3.05) is 4.90 Å². The van der Waals surface area contributed by atoms with Gasteiger partial charge in [0.2, 0.25) is 0 Å². The van der Waals surface area contributed by atoms with Gasteiger partial charge < -0.3 is 9.64 Å². The SMILES string of the molecule is CC(C)Cc1cc(-c2cc(Cl)cc(-c3ccc(N4c5ccccc5Oc5ccccc54)cc3)c2)cc2cc3ccccc3cc12. The number of benzene rings is 7. The zero-order valence-corrected chi connectivity index (χ0v) is 26.1. The van der Waals surface area contributed by atoms with E-state index in [4.69, 9.17) is 16.3 Å². The molecular formula is C42H32ClNO. The lowest BCUT2D eigenvalue weighted by atomic mass is 9.90. The van der Waals surface area contributed by atoms with Gasteiger partial charge in [0.05, 0.1) is 11.4 Å². The standard InChI is InChI=1S/C42H32ClNO/c1-27(2)19-34-22-31(23-35-20-29-9-3-4-10-30(29)26-38(34)35)33-21-32(24-36(43)25-33)28-15-17-37(18-16-28)44-39-11-5-7-13-41(39)45-42-14-8-6-12-40(42)44/h3-18,20-27H,19H2,1-2H3. The maximum atomic E-state index is 6.81. The first-order chi connectivity index (χ1) is 22.0. The summed E-state index contributed by atoms with van der Waals surface area (Å²) >= 11 is 6.81. The van der Waals surface area contributed by atoms with E-state index in [0.29, 0.717) is 5.92 Å². The lowest BCUT2D eigenvalue weighted by Crippen LogP contribution is -2.15. The van der Waals surface area contributed by atoms with Crippen LogP contribution < -0.4 is 9.64 Å². The molecule has 0 saturated carbocycles. The van der Waals surface area contributed by atoms with Crippen molar-refractivity contribution in [1.29, 1.82) is 0 Å². The Morgan fingerprint density at radius 1 is 0.556 bits per heavy atom. The van der Waals surface area contributed by atoms with Gasteiger partial charge in [0.15, 0.2) is 11.5 Å². The van der Waals surface area contributed by atoms with E-state index in [0.717, 1.165) is 56.7 Å². The molecule has 2 nitrogen and oxygen atoms in total. The molecule has 0 fully saturated rings. The summed E-state index contributed by atoms with van der Waals surface area (Å²) < 4.78 is 6.21. The Balaban J connectivity index is 1.20. The molecule has 1 heterocycles. The number of para-hydroxylation sites is 4. The molecule has 0 amide bonds. The Kier molecular flexibility index (Phi) is 6.81. The summed E-state index contributed by atoms with van der Waals surface area (Å²) in [4.78, 5) is 2.26. The second-order valence-electron chi connectivity index (χ2n) is 12.3. The number of hydrogen-bond donors (Lipinski definition) is 0. The highest BCUT2D eigenvalue weighted by Gasteiger charge is 2.25. The minimum Gasteiger partial charge on any atom is -0.453 e. The Bertz CT molecular complexity index is 2170. The topological polar surface area (TPSA) is 12.5 Å². The quantitative estimate of drug-likeness (QED) is 0.182. The zero-order chi connectivity index (χ0) is 30.5. The Morgan fingerprint density at radius 3 is 1.80 bits per heavy atom. The van der Waals surface area contributed by atoms with Crippen LogP contribution >= 0.6 is 11.6 Å². The fourth-order valence-corrected chi connectivity index (χ4v) is 6.85. The molecule has 0 N–H and O–H groups in total. The van der Waals surface area contributed by atoms with Gasteiger partial charge in [-0.3, -0.25) is 0 Å². The minimum atomic E-state index is 0.550. The minimum absolute atomic E-state index is 0.550. The Labute approximate surface area is 269 Å². The molecule has 8 rings (SSSR count). The second-order valence-corrected chi connectivity index (χ2v) is 12.7. The monoisotopic (exact) mass is 601 g/mol. The summed E-state index contributed by atoms with van der Waals surface area (Å²) in [6.07, 6.45) is 1.02. The molecule has 218 valence electrons. The third kappa shape index (κ3) is 5.12. The van der Waals surface area contributed by atoms with Crippen molar-refractivity contribution in [2.45, 2.75) is 20.3 Å². The molecule has 0 atom stereocenters. The number of rotatable bonds is 5. The molecule has 7 aromatic carbocycles. The van der Waals surface area contributed by atoms with Gasteiger partial charge in [-0.05, 0) is 134 Å². The first-order valence-electron chi connectivity index (χ1n) is 15.5. The van der Waals surface area contributed by atoms with E-state index in [1.807, 2.05) is 36.4 Å². The smallest absolute Gasteiger partial charge is 0.151 e. The highest BCUT2D eigenvalue weighted by molar-refractivity contribution is 6.31. The average Bonchev–Trinajstić information content (AvgIpc) is 3.06. The van der Waals surface area contributed by atoms with Crippen LogP contribution in [-0.2, 0) is 6.42 Å². The molecule has 0 bridgehead atoms. The first kappa shape index (κ1) is 27.5. The molecule has 0 aromatic heterocycles. The third-order valence-corrected chi connectivity index (χ3v) is 8.87. The average molecular weight is 602 g/mol. The van der Waals surface area contributed by atoms with Gasteiger partial charge >= 0.3 is 0 Å². The van der Waals surface area contributed by atoms with E-state index in [1.165, 1.54) is 32.7 Å². The largest absolute Gasteiger partial charge is 0.453 e. The van der Waals surface area contributed by atoms with Crippen LogP contribution in [0.25, 0.3) is 43.8 Å². The molecule has 45 heavy (non-hydrogen) atoms. The molecular weight excluding hydrogens is 570 g/mol. The maximum absolute atomic E-state index is 6.81. The van der Waals surface area contributed by atoms with Crippen LogP contribution in [-0.4, -0.2) is 0 Å². The summed E-state index contributed by atoms with van der Waals surface area (Å²) in [6.45, 7) is 4.57. The molecule has 1 aliphatic rings. The van der Waals surface area contributed by atoms with Gasteiger partial charge in [0.25, 0.3) is 0 Å². The first-order valence-corrected chi connectivity index (χ1v) is 15.9. The molecule has 0 saturated heterocycles. The van der Waals surface area contributed by atoms with Crippen LogP contribution in [0.4, 0.5) is 17.1 Å². The molecule has 0 aliphatic carbocycles. The molecule has 0 unspecified atom stereocenters. The number of halogens is 1.